The Kier molecular flexibility index (Phi) is 10.9. The van der Waals surface area contributed by atoms with Crippen molar-refractivity contribution in [2.45, 2.75) is 58.9 Å². The molecule has 0 aromatic heterocycles. The number of hydrogen-bond donors (Lipinski definition) is 1. The van der Waals surface area contributed by atoms with Gasteiger partial charge >= 0.3 is 37.9 Å². The fourth-order valence-corrected chi connectivity index (χ4v) is 3.08. The first-order valence-corrected chi connectivity index (χ1v) is 15.5. The number of aliphatic imine (C=N–C) groups is 1. The molecule has 2 rings (SSSR count). The summed E-state index contributed by atoms with van der Waals surface area (Å²) in [5.74, 6) is 0.337. The van der Waals surface area contributed by atoms with Gasteiger partial charge < -0.3 is 5.11 Å². The van der Waals surface area contributed by atoms with Gasteiger partial charge in [-0.25, -0.2) is 0 Å². The van der Waals surface area contributed by atoms with Gasteiger partial charge in [0.25, 0.3) is 0 Å². The van der Waals surface area contributed by atoms with Crippen LogP contribution in [0.15, 0.2) is 47.5 Å². The first kappa shape index (κ1) is 24.4. The van der Waals surface area contributed by atoms with E-state index in [0.29, 0.717) is 11.8 Å². The van der Waals surface area contributed by atoms with Gasteiger partial charge in [-0.15, -0.1) is 0 Å². The van der Waals surface area contributed by atoms with Crippen molar-refractivity contribution in [1.82, 2.24) is 0 Å². The number of phenols is 1. The van der Waals surface area contributed by atoms with Crippen molar-refractivity contribution in [3.8, 4) is 5.75 Å². The molecule has 0 radical (unpaired) electrons. The van der Waals surface area contributed by atoms with Crippen LogP contribution < -0.4 is 0 Å². The molecule has 0 aliphatic rings. The van der Waals surface area contributed by atoms with Gasteiger partial charge in [0.15, 0.2) is 0 Å². The molecule has 1 N–H and O–H groups in total. The normalized spacial score (nSPS) is 11.4. The number of aromatic hydroxyl groups is 1. The first-order chi connectivity index (χ1) is 12.8. The summed E-state index contributed by atoms with van der Waals surface area (Å²) in [4.78, 5) is 4.64. The van der Waals surface area contributed by atoms with Crippen molar-refractivity contribution >= 4 is 23.2 Å². The second-order valence-corrected chi connectivity index (χ2v) is 10.8. The summed E-state index contributed by atoms with van der Waals surface area (Å²) >= 11 is -0.826. The van der Waals surface area contributed by atoms with Crippen LogP contribution in [0.4, 0.5) is 0 Å². The van der Waals surface area contributed by atoms with E-state index in [2.05, 4.69) is 57.8 Å². The van der Waals surface area contributed by atoms with Crippen LogP contribution in [0.2, 0.25) is 0 Å². The van der Waals surface area contributed by atoms with Gasteiger partial charge in [0.05, 0.1) is 0 Å². The zero-order valence-electron chi connectivity index (χ0n) is 16.8. The van der Waals surface area contributed by atoms with E-state index in [9.17, 15) is 5.11 Å². The van der Waals surface area contributed by atoms with E-state index in [-0.39, 0.29) is 5.41 Å². The molecule has 146 valence electrons. The number of aryl methyl sites for hydroxylation is 1. The van der Waals surface area contributed by atoms with Crippen LogP contribution in [-0.4, -0.2) is 17.4 Å². The third kappa shape index (κ3) is 7.04. The number of rotatable bonds is 6. The quantitative estimate of drug-likeness (QED) is 0.439. The van der Waals surface area contributed by atoms with Gasteiger partial charge in [-0.3, -0.25) is 4.99 Å². The van der Waals surface area contributed by atoms with Crippen molar-refractivity contribution in [3.05, 3.63) is 64.7 Å². The zero-order valence-corrected chi connectivity index (χ0v) is 20.7. The second-order valence-electron chi connectivity index (χ2n) is 7.06. The maximum atomic E-state index is 10.9. The molecule has 0 atom stereocenters. The van der Waals surface area contributed by atoms with Gasteiger partial charge in [0, 0.05) is 28.8 Å². The Morgan fingerprint density at radius 2 is 1.67 bits per heavy atom. The molecule has 27 heavy (non-hydrogen) atoms. The average Bonchev–Trinajstić information content (AvgIpc) is 2.66. The number of nitrogens with zero attached hydrogens (tertiary/aromatic N) is 1. The van der Waals surface area contributed by atoms with E-state index in [4.69, 9.17) is 17.0 Å². The molecule has 0 unspecified atom stereocenters. The van der Waals surface area contributed by atoms with E-state index in [0.717, 1.165) is 29.5 Å². The first-order valence-electron chi connectivity index (χ1n) is 9.20. The molecule has 2 nitrogen and oxygen atoms in total. The van der Waals surface area contributed by atoms with Crippen molar-refractivity contribution in [2.24, 2.45) is 4.99 Å². The molecular weight excluding hydrogens is 456 g/mol. The summed E-state index contributed by atoms with van der Waals surface area (Å²) in [6.45, 7) is 10.7. The Bertz CT molecular complexity index is 729. The Morgan fingerprint density at radius 3 is 2.19 bits per heavy atom. The van der Waals surface area contributed by atoms with Crippen molar-refractivity contribution in [2.75, 3.05) is 0 Å². The average molecular weight is 486 g/mol. The van der Waals surface area contributed by atoms with Crippen LogP contribution in [0.25, 0.3) is 0 Å². The predicted molar refractivity (Wildman–Crippen MR) is 115 cm³/mol. The topological polar surface area (TPSA) is 32.6 Å². The summed E-state index contributed by atoms with van der Waals surface area (Å²) in [7, 11) is 9.87. The predicted octanol–water partition coefficient (Wildman–Crippen LogP) is 7.01. The molecule has 0 spiro atoms. The van der Waals surface area contributed by atoms with Crippen molar-refractivity contribution in [3.63, 3.8) is 0 Å². The van der Waals surface area contributed by atoms with Crippen LogP contribution in [0.1, 0.15) is 62.8 Å². The monoisotopic (exact) mass is 483 g/mol. The Labute approximate surface area is 182 Å². The van der Waals surface area contributed by atoms with E-state index >= 15 is 0 Å². The number of hydrogen-bond acceptors (Lipinski definition) is 2. The molecule has 2 aromatic rings. The van der Waals surface area contributed by atoms with E-state index in [1.165, 1.54) is 5.56 Å². The summed E-state index contributed by atoms with van der Waals surface area (Å²) in [6.07, 6.45) is 3.87. The van der Waals surface area contributed by atoms with Crippen molar-refractivity contribution in [1.29, 1.82) is 0 Å². The molecule has 0 aliphatic heterocycles. The van der Waals surface area contributed by atoms with Gasteiger partial charge in [0.1, 0.15) is 5.75 Å². The van der Waals surface area contributed by atoms with Crippen LogP contribution in [0.3, 0.4) is 0 Å². The molecular formula is C22H29Cl2NOZr. The van der Waals surface area contributed by atoms with E-state index < -0.39 is 20.8 Å². The molecule has 0 saturated heterocycles. The van der Waals surface area contributed by atoms with Crippen LogP contribution in [0, 0.1) is 6.92 Å². The maximum absolute atomic E-state index is 10.9. The van der Waals surface area contributed by atoms with E-state index in [1.807, 2.05) is 30.5 Å². The number of phenolic OH excluding ortho intramolecular Hbond substituents is 1. The fraction of sp³-hybridized carbons (Fsp3) is 0.409. The Morgan fingerprint density at radius 1 is 1.11 bits per heavy atom. The third-order valence-electron chi connectivity index (χ3n) is 4.82. The van der Waals surface area contributed by atoms with Gasteiger partial charge in [-0.1, -0.05) is 64.1 Å². The molecule has 0 heterocycles. The Hall–Kier alpha value is -0.627. The van der Waals surface area contributed by atoms with E-state index in [1.54, 1.807) is 0 Å². The number of halogens is 2. The molecule has 0 fully saturated rings. The van der Waals surface area contributed by atoms with Gasteiger partial charge in [0.2, 0.25) is 0 Å². The molecule has 0 bridgehead atoms. The number of benzene rings is 2. The standard InChI is InChI=1S/C22H29NO.2ClH.Zr/c1-6-19(7-2)23-15-17-13-16(3)14-20(21(17)24)22(4,5)18-11-9-8-10-12-18;;;/h8-15,19,24H,6-7H2,1-5H3;2*1H;/q;;;+2/p-2. The minimum atomic E-state index is -0.826. The third-order valence-corrected chi connectivity index (χ3v) is 4.82. The van der Waals surface area contributed by atoms with Gasteiger partial charge in [-0.05, 0) is 37.0 Å². The van der Waals surface area contributed by atoms with Crippen LogP contribution >= 0.6 is 17.0 Å². The van der Waals surface area contributed by atoms with Gasteiger partial charge in [-0.2, -0.15) is 0 Å². The molecule has 5 heteroatoms. The summed E-state index contributed by atoms with van der Waals surface area (Å²) in [5, 5.41) is 10.9. The zero-order chi connectivity index (χ0) is 20.4. The Balaban J connectivity index is 0.00000114. The second kappa shape index (κ2) is 12.0. The summed E-state index contributed by atoms with van der Waals surface area (Å²) in [5.41, 5.74) is 3.81. The molecule has 0 aliphatic carbocycles. The van der Waals surface area contributed by atoms with Crippen LogP contribution in [0.5, 0.6) is 5.75 Å². The minimum absolute atomic E-state index is 0.269. The SMILES string of the molecule is CCC(CC)N=Cc1cc(C)cc(C(C)(C)c2ccccc2)c1O.[Cl][Zr][Cl]. The summed E-state index contributed by atoms with van der Waals surface area (Å²) in [6, 6.07) is 14.7. The molecule has 0 amide bonds. The molecule has 2 aromatic carbocycles. The van der Waals surface area contributed by atoms with Crippen molar-refractivity contribution < 1.29 is 26.0 Å². The summed E-state index contributed by atoms with van der Waals surface area (Å²) < 4.78 is 0. The fourth-order valence-electron chi connectivity index (χ4n) is 3.08. The molecule has 0 saturated carbocycles. The van der Waals surface area contributed by atoms with Crippen LogP contribution in [-0.2, 0) is 26.3 Å².